The van der Waals surface area contributed by atoms with Gasteiger partial charge in [0.25, 0.3) is 0 Å². The molecule has 0 amide bonds. The van der Waals surface area contributed by atoms with Crippen LogP contribution in [0, 0.1) is 0 Å². The smallest absolute Gasteiger partial charge is 0.118 e. The average molecular weight is 176 g/mol. The third kappa shape index (κ3) is 2.04. The minimum atomic E-state index is -1.89. The second-order valence-corrected chi connectivity index (χ2v) is 9.99. The second-order valence-electron chi connectivity index (χ2n) is 4.50. The highest BCUT2D eigenvalue weighted by Gasteiger charge is 2.43. The Morgan fingerprint density at radius 3 is 1.73 bits per heavy atom. The van der Waals surface area contributed by atoms with Crippen molar-refractivity contribution in [1.82, 2.24) is 0 Å². The lowest BCUT2D eigenvalue weighted by Gasteiger charge is -2.40. The molecule has 0 aliphatic rings. The SMILES string of the molecule is CC(O)[Si](C)(CO)C(C)(C)C. The highest BCUT2D eigenvalue weighted by molar-refractivity contribution is 6.82. The van der Waals surface area contributed by atoms with Crippen LogP contribution in [0.4, 0.5) is 0 Å². The number of aliphatic hydroxyl groups is 2. The van der Waals surface area contributed by atoms with Crippen molar-refractivity contribution in [1.29, 1.82) is 0 Å². The monoisotopic (exact) mass is 176 g/mol. The van der Waals surface area contributed by atoms with E-state index in [2.05, 4.69) is 20.8 Å². The van der Waals surface area contributed by atoms with Gasteiger partial charge in [-0.3, -0.25) is 0 Å². The number of hydrogen-bond donors (Lipinski definition) is 2. The van der Waals surface area contributed by atoms with E-state index in [4.69, 9.17) is 0 Å². The Morgan fingerprint density at radius 2 is 1.73 bits per heavy atom. The molecule has 2 nitrogen and oxygen atoms in total. The van der Waals surface area contributed by atoms with E-state index in [0.717, 1.165) is 0 Å². The van der Waals surface area contributed by atoms with E-state index >= 15 is 0 Å². The van der Waals surface area contributed by atoms with Gasteiger partial charge in [-0.05, 0) is 12.0 Å². The van der Waals surface area contributed by atoms with Gasteiger partial charge in [0.2, 0.25) is 0 Å². The Morgan fingerprint density at radius 1 is 1.36 bits per heavy atom. The fourth-order valence-corrected chi connectivity index (χ4v) is 2.99. The summed E-state index contributed by atoms with van der Waals surface area (Å²) in [7, 11) is -1.89. The molecule has 2 unspecified atom stereocenters. The number of rotatable bonds is 2. The molecule has 68 valence electrons. The lowest BCUT2D eigenvalue weighted by molar-refractivity contribution is 0.241. The lowest BCUT2D eigenvalue weighted by atomic mass is 10.2. The van der Waals surface area contributed by atoms with Crippen LogP contribution in [0.3, 0.4) is 0 Å². The Bertz CT molecular complexity index is 129. The van der Waals surface area contributed by atoms with Crippen LogP contribution in [-0.4, -0.2) is 30.2 Å². The summed E-state index contributed by atoms with van der Waals surface area (Å²) in [5.41, 5.74) is -0.340. The summed E-state index contributed by atoms with van der Waals surface area (Å²) in [6.07, 6.45) is 0.161. The Hall–Kier alpha value is 0.137. The summed E-state index contributed by atoms with van der Waals surface area (Å²) in [5.74, 6) is 0. The summed E-state index contributed by atoms with van der Waals surface area (Å²) in [4.78, 5) is 0. The largest absolute Gasteiger partial charge is 0.400 e. The zero-order valence-electron chi connectivity index (χ0n) is 8.18. The third-order valence-corrected chi connectivity index (χ3v) is 8.89. The molecule has 0 bridgehead atoms. The Kier molecular flexibility index (Phi) is 3.29. The van der Waals surface area contributed by atoms with E-state index in [0.29, 0.717) is 0 Å². The van der Waals surface area contributed by atoms with Gasteiger partial charge in [0.15, 0.2) is 0 Å². The predicted molar refractivity (Wildman–Crippen MR) is 50.1 cm³/mol. The van der Waals surface area contributed by atoms with Gasteiger partial charge in [-0.15, -0.1) is 0 Å². The molecule has 0 aliphatic carbocycles. The number of aliphatic hydroxyl groups excluding tert-OH is 2. The van der Waals surface area contributed by atoms with Gasteiger partial charge in [-0.2, -0.15) is 0 Å². The van der Waals surface area contributed by atoms with Gasteiger partial charge in [0, 0.05) is 12.0 Å². The van der Waals surface area contributed by atoms with Gasteiger partial charge in [-0.1, -0.05) is 27.3 Å². The predicted octanol–water partition coefficient (Wildman–Crippen LogP) is 1.32. The van der Waals surface area contributed by atoms with Crippen LogP contribution in [0.15, 0.2) is 0 Å². The molecule has 11 heavy (non-hydrogen) atoms. The van der Waals surface area contributed by atoms with Crippen LogP contribution in [0.25, 0.3) is 0 Å². The molecule has 2 atom stereocenters. The van der Waals surface area contributed by atoms with Crippen LogP contribution in [0.5, 0.6) is 0 Å². The topological polar surface area (TPSA) is 40.5 Å². The summed E-state index contributed by atoms with van der Waals surface area (Å²) in [6.45, 7) is 10.1. The quantitative estimate of drug-likeness (QED) is 0.623. The molecule has 2 N–H and O–H groups in total. The van der Waals surface area contributed by atoms with E-state index in [1.807, 2.05) is 6.55 Å². The molecule has 0 aromatic carbocycles. The maximum Gasteiger partial charge on any atom is 0.118 e. The van der Waals surface area contributed by atoms with Gasteiger partial charge < -0.3 is 10.2 Å². The van der Waals surface area contributed by atoms with Crippen molar-refractivity contribution in [2.75, 3.05) is 6.23 Å². The fourth-order valence-electron chi connectivity index (χ4n) is 0.996. The van der Waals surface area contributed by atoms with Crippen molar-refractivity contribution in [2.24, 2.45) is 0 Å². The highest BCUT2D eigenvalue weighted by atomic mass is 28.3. The van der Waals surface area contributed by atoms with Crippen LogP contribution in [0.2, 0.25) is 11.6 Å². The molecule has 0 radical (unpaired) electrons. The highest BCUT2D eigenvalue weighted by Crippen LogP contribution is 2.37. The minimum absolute atomic E-state index is 0.0654. The zero-order chi connectivity index (χ0) is 9.28. The van der Waals surface area contributed by atoms with E-state index in [9.17, 15) is 10.2 Å². The molecule has 0 aromatic heterocycles. The molecule has 3 heteroatoms. The van der Waals surface area contributed by atoms with Crippen LogP contribution >= 0.6 is 0 Å². The van der Waals surface area contributed by atoms with Crippen molar-refractivity contribution in [3.8, 4) is 0 Å². The average Bonchev–Trinajstić information content (AvgIpc) is 1.83. The van der Waals surface area contributed by atoms with Crippen molar-refractivity contribution in [3.63, 3.8) is 0 Å². The Labute approximate surface area is 70.3 Å². The van der Waals surface area contributed by atoms with Gasteiger partial charge >= 0.3 is 0 Å². The second kappa shape index (κ2) is 3.25. The first-order valence-corrected chi connectivity index (χ1v) is 6.83. The van der Waals surface area contributed by atoms with Crippen molar-refractivity contribution in [3.05, 3.63) is 0 Å². The molecule has 0 heterocycles. The third-order valence-electron chi connectivity index (χ3n) is 2.96. The maximum atomic E-state index is 9.51. The van der Waals surface area contributed by atoms with Crippen molar-refractivity contribution in [2.45, 2.75) is 45.0 Å². The molecule has 0 aromatic rings. The standard InChI is InChI=1S/C8H20O2Si/c1-7(10)11(5,6-9)8(2,3)4/h7,9-10H,6H2,1-5H3. The Balaban J connectivity index is 4.61. The molecule has 0 saturated carbocycles. The van der Waals surface area contributed by atoms with Crippen LogP contribution in [-0.2, 0) is 0 Å². The maximum absolute atomic E-state index is 9.51. The molecule has 0 spiro atoms. The summed E-state index contributed by atoms with van der Waals surface area (Å²) < 4.78 is 0. The summed E-state index contributed by atoms with van der Waals surface area (Å²) in [6, 6.07) is 0. The first-order chi connectivity index (χ1) is 4.75. The van der Waals surface area contributed by atoms with E-state index in [-0.39, 0.29) is 17.0 Å². The van der Waals surface area contributed by atoms with Crippen molar-refractivity contribution >= 4 is 8.07 Å². The van der Waals surface area contributed by atoms with Gasteiger partial charge in [0.05, 0.1) is 0 Å². The number of hydrogen-bond acceptors (Lipinski definition) is 2. The van der Waals surface area contributed by atoms with Crippen LogP contribution in [0.1, 0.15) is 27.7 Å². The fraction of sp³-hybridized carbons (Fsp3) is 1.00. The minimum Gasteiger partial charge on any atom is -0.400 e. The van der Waals surface area contributed by atoms with Crippen LogP contribution < -0.4 is 0 Å². The first kappa shape index (κ1) is 11.1. The molecule has 0 aliphatic heterocycles. The molecule has 0 saturated heterocycles. The van der Waals surface area contributed by atoms with E-state index in [1.54, 1.807) is 6.92 Å². The summed E-state index contributed by atoms with van der Waals surface area (Å²) >= 11 is 0. The molecular formula is C8H20O2Si. The lowest BCUT2D eigenvalue weighted by Crippen LogP contribution is -2.54. The summed E-state index contributed by atoms with van der Waals surface area (Å²) in [5, 5.41) is 18.8. The van der Waals surface area contributed by atoms with Gasteiger partial charge in [-0.25, -0.2) is 0 Å². The van der Waals surface area contributed by atoms with E-state index < -0.39 is 8.07 Å². The molecule has 0 rings (SSSR count). The first-order valence-electron chi connectivity index (χ1n) is 4.04. The van der Waals surface area contributed by atoms with Crippen molar-refractivity contribution < 1.29 is 10.2 Å². The van der Waals surface area contributed by atoms with E-state index in [1.165, 1.54) is 0 Å². The molecular weight excluding hydrogens is 156 g/mol. The normalized spacial score (nSPS) is 21.0. The zero-order valence-corrected chi connectivity index (χ0v) is 9.18. The molecule has 0 fully saturated rings. The van der Waals surface area contributed by atoms with Gasteiger partial charge in [0.1, 0.15) is 8.07 Å².